The average molecular weight is 539 g/mol. The van der Waals surface area contributed by atoms with Gasteiger partial charge in [0, 0.05) is 16.7 Å². The molecule has 182 valence electrons. The Balaban J connectivity index is 1.64. The standard InChI is InChI=1S/C27H20Cl2N2O4S/c1-3-34-26(33)23-15(2)30-27-31(24(23)16-7-5-4-6-8-16)25(32)22(36-27)14-18-10-12-21(35-18)19-13-17(28)9-11-20(19)29/h4-14,24H,3H2,1-2H3/b22-14+/t24-/m1/s1. The molecule has 1 aliphatic rings. The second-order valence-electron chi connectivity index (χ2n) is 8.04. The van der Waals surface area contributed by atoms with Gasteiger partial charge in [0.2, 0.25) is 0 Å². The first-order valence-corrected chi connectivity index (χ1v) is 12.7. The van der Waals surface area contributed by atoms with E-state index in [-0.39, 0.29) is 12.2 Å². The van der Waals surface area contributed by atoms with E-state index >= 15 is 0 Å². The third-order valence-electron chi connectivity index (χ3n) is 5.73. The zero-order valence-electron chi connectivity index (χ0n) is 19.3. The number of hydrogen-bond donors (Lipinski definition) is 0. The summed E-state index contributed by atoms with van der Waals surface area (Å²) < 4.78 is 13.2. The van der Waals surface area contributed by atoms with Gasteiger partial charge in [-0.15, -0.1) is 0 Å². The van der Waals surface area contributed by atoms with Gasteiger partial charge < -0.3 is 9.15 Å². The lowest BCUT2D eigenvalue weighted by Gasteiger charge is -2.24. The highest BCUT2D eigenvalue weighted by atomic mass is 35.5. The third kappa shape index (κ3) is 4.46. The fourth-order valence-electron chi connectivity index (χ4n) is 4.13. The van der Waals surface area contributed by atoms with Crippen molar-refractivity contribution in [3.63, 3.8) is 0 Å². The SMILES string of the molecule is CCOC(=O)C1=C(C)N=c2s/c(=C/c3ccc(-c4cc(Cl)ccc4Cl)o3)c(=O)n2[C@@H]1c1ccccc1. The van der Waals surface area contributed by atoms with E-state index in [2.05, 4.69) is 4.99 Å². The van der Waals surface area contributed by atoms with Crippen LogP contribution < -0.4 is 14.9 Å². The monoisotopic (exact) mass is 538 g/mol. The zero-order valence-corrected chi connectivity index (χ0v) is 21.7. The summed E-state index contributed by atoms with van der Waals surface area (Å²) in [5.41, 5.74) is 2.03. The van der Waals surface area contributed by atoms with Gasteiger partial charge in [-0.25, -0.2) is 9.79 Å². The Hall–Kier alpha value is -3.39. The van der Waals surface area contributed by atoms with Crippen molar-refractivity contribution in [3.8, 4) is 11.3 Å². The number of fused-ring (bicyclic) bond motifs is 1. The van der Waals surface area contributed by atoms with E-state index < -0.39 is 12.0 Å². The van der Waals surface area contributed by atoms with E-state index in [0.29, 0.717) is 47.7 Å². The van der Waals surface area contributed by atoms with Crippen molar-refractivity contribution in [2.24, 2.45) is 4.99 Å². The van der Waals surface area contributed by atoms with Crippen LogP contribution in [-0.2, 0) is 9.53 Å². The number of benzene rings is 2. The Morgan fingerprint density at radius 1 is 1.17 bits per heavy atom. The molecule has 0 saturated heterocycles. The fourth-order valence-corrected chi connectivity index (χ4v) is 5.54. The minimum atomic E-state index is -0.652. The lowest BCUT2D eigenvalue weighted by Crippen LogP contribution is -2.39. The molecule has 0 unspecified atom stereocenters. The lowest BCUT2D eigenvalue weighted by atomic mass is 9.96. The summed E-state index contributed by atoms with van der Waals surface area (Å²) in [6.45, 7) is 3.72. The van der Waals surface area contributed by atoms with Crippen molar-refractivity contribution in [2.45, 2.75) is 19.9 Å². The average Bonchev–Trinajstić information content (AvgIpc) is 3.45. The number of ether oxygens (including phenoxy) is 1. The molecule has 0 fully saturated rings. The van der Waals surface area contributed by atoms with Gasteiger partial charge in [-0.1, -0.05) is 64.9 Å². The molecule has 0 aliphatic carbocycles. The predicted octanol–water partition coefficient (Wildman–Crippen LogP) is 5.37. The van der Waals surface area contributed by atoms with E-state index in [1.54, 1.807) is 54.8 Å². The molecule has 0 bridgehead atoms. The maximum absolute atomic E-state index is 13.6. The predicted molar refractivity (Wildman–Crippen MR) is 141 cm³/mol. The number of carbonyl (C=O) groups excluding carboxylic acids is 1. The maximum atomic E-state index is 13.6. The molecule has 4 aromatic rings. The molecule has 6 nitrogen and oxygen atoms in total. The maximum Gasteiger partial charge on any atom is 0.338 e. The first kappa shape index (κ1) is 24.3. The molecule has 0 N–H and O–H groups in total. The lowest BCUT2D eigenvalue weighted by molar-refractivity contribution is -0.139. The van der Waals surface area contributed by atoms with Crippen molar-refractivity contribution in [1.82, 2.24) is 4.57 Å². The van der Waals surface area contributed by atoms with Crippen molar-refractivity contribution in [2.75, 3.05) is 6.61 Å². The number of nitrogens with zero attached hydrogens (tertiary/aromatic N) is 2. The Kier molecular flexibility index (Phi) is 6.71. The smallest absolute Gasteiger partial charge is 0.338 e. The summed E-state index contributed by atoms with van der Waals surface area (Å²) >= 11 is 13.7. The molecule has 0 amide bonds. The van der Waals surface area contributed by atoms with Gasteiger partial charge in [0.1, 0.15) is 11.5 Å². The Morgan fingerprint density at radius 2 is 1.94 bits per heavy atom. The normalized spacial score (nSPS) is 15.6. The highest BCUT2D eigenvalue weighted by Crippen LogP contribution is 2.32. The van der Waals surface area contributed by atoms with Crippen molar-refractivity contribution < 1.29 is 13.9 Å². The number of carbonyl (C=O) groups is 1. The second-order valence-corrected chi connectivity index (χ2v) is 9.89. The first-order valence-electron chi connectivity index (χ1n) is 11.2. The van der Waals surface area contributed by atoms with Crippen LogP contribution in [0, 0.1) is 0 Å². The van der Waals surface area contributed by atoms with Gasteiger partial charge >= 0.3 is 5.97 Å². The van der Waals surface area contributed by atoms with E-state index in [1.165, 1.54) is 11.3 Å². The minimum Gasteiger partial charge on any atom is -0.463 e. The molecule has 5 rings (SSSR count). The van der Waals surface area contributed by atoms with E-state index in [9.17, 15) is 9.59 Å². The number of halogens is 2. The number of allylic oxidation sites excluding steroid dienone is 1. The van der Waals surface area contributed by atoms with Crippen molar-refractivity contribution in [3.05, 3.63) is 113 Å². The van der Waals surface area contributed by atoms with Gasteiger partial charge in [0.25, 0.3) is 5.56 Å². The molecular formula is C27H20Cl2N2O4S. The molecule has 3 heterocycles. The van der Waals surface area contributed by atoms with Crippen LogP contribution in [0.25, 0.3) is 17.4 Å². The minimum absolute atomic E-state index is 0.221. The quantitative estimate of drug-likeness (QED) is 0.320. The zero-order chi connectivity index (χ0) is 25.4. The van der Waals surface area contributed by atoms with Crippen LogP contribution in [0.2, 0.25) is 10.0 Å². The molecule has 36 heavy (non-hydrogen) atoms. The van der Waals surface area contributed by atoms with E-state index in [1.807, 2.05) is 30.3 Å². The molecule has 0 saturated carbocycles. The molecule has 0 radical (unpaired) electrons. The summed E-state index contributed by atoms with van der Waals surface area (Å²) in [4.78, 5) is 31.6. The number of hydrogen-bond acceptors (Lipinski definition) is 6. The summed E-state index contributed by atoms with van der Waals surface area (Å²) in [5, 5.41) is 1.04. The number of aromatic nitrogens is 1. The van der Waals surface area contributed by atoms with Crippen LogP contribution in [-0.4, -0.2) is 17.1 Å². The highest BCUT2D eigenvalue weighted by molar-refractivity contribution is 7.07. The highest BCUT2D eigenvalue weighted by Gasteiger charge is 2.33. The first-order chi connectivity index (χ1) is 17.4. The van der Waals surface area contributed by atoms with Crippen LogP contribution in [0.5, 0.6) is 0 Å². The Morgan fingerprint density at radius 3 is 2.69 bits per heavy atom. The van der Waals surface area contributed by atoms with Crippen LogP contribution in [0.3, 0.4) is 0 Å². The number of furan rings is 1. The number of rotatable bonds is 5. The van der Waals surface area contributed by atoms with Gasteiger partial charge in [-0.3, -0.25) is 9.36 Å². The van der Waals surface area contributed by atoms with E-state index in [0.717, 1.165) is 5.56 Å². The number of esters is 1. The fraction of sp³-hybridized carbons (Fsp3) is 0.148. The molecule has 0 spiro atoms. The topological polar surface area (TPSA) is 73.8 Å². The van der Waals surface area contributed by atoms with Crippen molar-refractivity contribution in [1.29, 1.82) is 0 Å². The van der Waals surface area contributed by atoms with Crippen LogP contribution in [0.1, 0.15) is 31.2 Å². The summed E-state index contributed by atoms with van der Waals surface area (Å²) in [5.74, 6) is 0.518. The molecular weight excluding hydrogens is 519 g/mol. The summed E-state index contributed by atoms with van der Waals surface area (Å²) in [6.07, 6.45) is 1.66. The van der Waals surface area contributed by atoms with Crippen LogP contribution in [0.4, 0.5) is 0 Å². The Labute approximate surface area is 220 Å². The molecule has 1 aliphatic heterocycles. The van der Waals surface area contributed by atoms with Gasteiger partial charge in [-0.2, -0.15) is 0 Å². The van der Waals surface area contributed by atoms with E-state index in [4.69, 9.17) is 32.4 Å². The molecule has 2 aromatic heterocycles. The van der Waals surface area contributed by atoms with Crippen LogP contribution >= 0.6 is 34.5 Å². The van der Waals surface area contributed by atoms with Gasteiger partial charge in [-0.05, 0) is 49.7 Å². The third-order valence-corrected chi connectivity index (χ3v) is 7.27. The van der Waals surface area contributed by atoms with Crippen LogP contribution in [0.15, 0.2) is 86.1 Å². The summed E-state index contributed by atoms with van der Waals surface area (Å²) in [7, 11) is 0. The molecule has 9 heteroatoms. The largest absolute Gasteiger partial charge is 0.463 e. The Bertz CT molecular complexity index is 1680. The van der Waals surface area contributed by atoms with Crippen molar-refractivity contribution >= 4 is 46.6 Å². The second kappa shape index (κ2) is 9.93. The van der Waals surface area contributed by atoms with Gasteiger partial charge in [0.05, 0.1) is 33.5 Å². The van der Waals surface area contributed by atoms with Gasteiger partial charge in [0.15, 0.2) is 4.80 Å². The molecule has 2 aromatic carbocycles. The summed E-state index contributed by atoms with van der Waals surface area (Å²) in [6, 6.07) is 17.4. The number of thiazole rings is 1. The molecule has 1 atom stereocenters.